The minimum atomic E-state index is -2.30. The third-order valence-electron chi connectivity index (χ3n) is 9.66. The normalized spacial score (nSPS) is 24.0. The van der Waals surface area contributed by atoms with Gasteiger partial charge in [0, 0.05) is 21.3 Å². The molecule has 7 rings (SSSR count). The minimum Gasteiger partial charge on any atom is -0.307 e. The van der Waals surface area contributed by atoms with Gasteiger partial charge in [-0.05, 0) is 46.5 Å². The lowest BCUT2D eigenvalue weighted by atomic mass is 9.51. The van der Waals surface area contributed by atoms with E-state index in [0.29, 0.717) is 11.4 Å². The summed E-state index contributed by atoms with van der Waals surface area (Å²) in [6.07, 6.45) is -0.636. The Morgan fingerprint density at radius 2 is 1.31 bits per heavy atom. The van der Waals surface area contributed by atoms with Gasteiger partial charge in [-0.1, -0.05) is 90.5 Å². The summed E-state index contributed by atoms with van der Waals surface area (Å²) in [7, 11) is 0. The SMILES string of the molecule is N#CC1(C#N)CC([N+](=O)[O-])C2(C(=O)N(Cc3ccccc3)c3ccccc32)C12C(=O)N(Cc1ccccc1)c1ccc(Cl)cc12. The second-order valence-corrected chi connectivity index (χ2v) is 12.1. The Kier molecular flexibility index (Phi) is 6.29. The molecule has 10 heteroatoms. The van der Waals surface area contributed by atoms with Crippen molar-refractivity contribution in [3.05, 3.63) is 141 Å². The number of fused-ring (bicyclic) bond motifs is 5. The molecule has 9 nitrogen and oxygen atoms in total. The summed E-state index contributed by atoms with van der Waals surface area (Å²) in [4.78, 5) is 46.1. The first-order valence-electron chi connectivity index (χ1n) is 14.3. The standard InChI is InChI=1S/C35H24ClN5O4/c36-25-15-16-29-27(17-25)35(32(43)40(29)20-24-11-5-2-6-12-24)33(21-37,22-38)18-30(41(44)45)34(35)26-13-7-8-14-28(26)39(31(34)42)19-23-9-3-1-4-10-23/h1-17,30H,18-20H2. The Hall–Kier alpha value is -5.51. The maximum Gasteiger partial charge on any atom is 0.246 e. The number of nitro groups is 1. The maximum atomic E-state index is 15.4. The number of hydrogen-bond donors (Lipinski definition) is 0. The van der Waals surface area contributed by atoms with Crippen LogP contribution in [0.25, 0.3) is 0 Å². The lowest BCUT2D eigenvalue weighted by molar-refractivity contribution is -0.529. The van der Waals surface area contributed by atoms with Crippen LogP contribution >= 0.6 is 11.6 Å². The Morgan fingerprint density at radius 3 is 1.89 bits per heavy atom. The molecule has 0 N–H and O–H groups in total. The van der Waals surface area contributed by atoms with Crippen LogP contribution in [-0.4, -0.2) is 22.8 Å². The van der Waals surface area contributed by atoms with Gasteiger partial charge in [0.1, 0.15) is 5.41 Å². The van der Waals surface area contributed by atoms with Crippen LogP contribution in [0.5, 0.6) is 0 Å². The number of rotatable bonds is 5. The van der Waals surface area contributed by atoms with E-state index in [-0.39, 0.29) is 29.2 Å². The van der Waals surface area contributed by atoms with E-state index >= 15 is 9.59 Å². The highest BCUT2D eigenvalue weighted by Crippen LogP contribution is 2.72. The van der Waals surface area contributed by atoms with Gasteiger partial charge < -0.3 is 9.80 Å². The van der Waals surface area contributed by atoms with E-state index in [2.05, 4.69) is 12.1 Å². The van der Waals surface area contributed by atoms with Crippen molar-refractivity contribution in [3.63, 3.8) is 0 Å². The summed E-state index contributed by atoms with van der Waals surface area (Å²) in [5, 5.41) is 35.1. The van der Waals surface area contributed by atoms with Crippen molar-refractivity contribution in [2.75, 3.05) is 9.80 Å². The number of carbonyl (C=O) groups is 2. The number of hydrogen-bond acceptors (Lipinski definition) is 6. The van der Waals surface area contributed by atoms with E-state index in [1.54, 1.807) is 36.4 Å². The molecule has 4 aromatic rings. The van der Waals surface area contributed by atoms with Crippen LogP contribution in [0.3, 0.4) is 0 Å². The van der Waals surface area contributed by atoms with Gasteiger partial charge in [0.2, 0.25) is 17.9 Å². The molecule has 0 radical (unpaired) electrons. The minimum absolute atomic E-state index is 0.0474. The largest absolute Gasteiger partial charge is 0.307 e. The molecule has 220 valence electrons. The van der Waals surface area contributed by atoms with Crippen molar-refractivity contribution in [1.29, 1.82) is 10.5 Å². The summed E-state index contributed by atoms with van der Waals surface area (Å²) in [6, 6.07) is 32.0. The smallest absolute Gasteiger partial charge is 0.246 e. The summed E-state index contributed by atoms with van der Waals surface area (Å²) in [5.74, 6) is -1.43. The van der Waals surface area contributed by atoms with Crippen LogP contribution < -0.4 is 9.80 Å². The van der Waals surface area contributed by atoms with E-state index in [9.17, 15) is 20.6 Å². The third kappa shape index (κ3) is 3.47. The first-order chi connectivity index (χ1) is 21.8. The molecule has 3 unspecified atom stereocenters. The Balaban J connectivity index is 1.59. The van der Waals surface area contributed by atoms with Crippen molar-refractivity contribution in [1.82, 2.24) is 0 Å². The zero-order valence-electron chi connectivity index (χ0n) is 23.8. The van der Waals surface area contributed by atoms with Gasteiger partial charge in [-0.15, -0.1) is 0 Å². The predicted molar refractivity (Wildman–Crippen MR) is 166 cm³/mol. The molecule has 4 aromatic carbocycles. The van der Waals surface area contributed by atoms with Crippen molar-refractivity contribution < 1.29 is 14.5 Å². The number of amides is 2. The Bertz CT molecular complexity index is 1970. The van der Waals surface area contributed by atoms with Gasteiger partial charge in [0.25, 0.3) is 0 Å². The zero-order chi connectivity index (χ0) is 31.6. The number of halogens is 1. The quantitative estimate of drug-likeness (QED) is 0.210. The number of nitrogens with zero attached hydrogens (tertiary/aromatic N) is 5. The molecule has 2 spiro atoms. The fraction of sp³-hybridized carbons (Fsp3) is 0.200. The number of carbonyl (C=O) groups excluding carboxylic acids is 2. The van der Waals surface area contributed by atoms with Gasteiger partial charge in [0.05, 0.1) is 31.6 Å². The molecule has 1 aliphatic carbocycles. The van der Waals surface area contributed by atoms with Crippen LogP contribution in [0.2, 0.25) is 5.02 Å². The molecular formula is C35H24ClN5O4. The van der Waals surface area contributed by atoms with Crippen LogP contribution in [0.1, 0.15) is 28.7 Å². The lowest BCUT2D eigenvalue weighted by Gasteiger charge is -2.42. The van der Waals surface area contributed by atoms with Crippen LogP contribution in [0, 0.1) is 38.2 Å². The number of anilines is 2. The van der Waals surface area contributed by atoms with E-state index < -0.39 is 45.4 Å². The Morgan fingerprint density at radius 1 is 0.778 bits per heavy atom. The topological polar surface area (TPSA) is 131 Å². The summed E-state index contributed by atoms with van der Waals surface area (Å²) < 4.78 is 0. The highest BCUT2D eigenvalue weighted by atomic mass is 35.5. The number of nitriles is 2. The molecule has 0 saturated heterocycles. The van der Waals surface area contributed by atoms with Crippen molar-refractivity contribution >= 4 is 34.8 Å². The van der Waals surface area contributed by atoms with Gasteiger partial charge >= 0.3 is 0 Å². The third-order valence-corrected chi connectivity index (χ3v) is 9.89. The van der Waals surface area contributed by atoms with E-state index in [1.807, 2.05) is 60.7 Å². The maximum absolute atomic E-state index is 15.4. The van der Waals surface area contributed by atoms with Gasteiger partial charge in [-0.25, -0.2) is 0 Å². The lowest BCUT2D eigenvalue weighted by Crippen LogP contribution is -2.65. The Labute approximate surface area is 263 Å². The molecule has 0 bridgehead atoms. The monoisotopic (exact) mass is 613 g/mol. The van der Waals surface area contributed by atoms with Gasteiger partial charge in [-0.2, -0.15) is 10.5 Å². The molecule has 2 amide bonds. The van der Waals surface area contributed by atoms with Crippen molar-refractivity contribution in [2.24, 2.45) is 5.41 Å². The van der Waals surface area contributed by atoms with Crippen LogP contribution in [0.4, 0.5) is 11.4 Å². The van der Waals surface area contributed by atoms with Gasteiger partial charge in [0.15, 0.2) is 10.8 Å². The molecule has 2 heterocycles. The second kappa shape index (κ2) is 10.0. The molecule has 1 saturated carbocycles. The summed E-state index contributed by atoms with van der Waals surface area (Å²) in [5.41, 5.74) is -4.18. The zero-order valence-corrected chi connectivity index (χ0v) is 24.5. The van der Waals surface area contributed by atoms with Crippen LogP contribution in [0.15, 0.2) is 103 Å². The first kappa shape index (κ1) is 28.3. The average Bonchev–Trinajstić information content (AvgIpc) is 3.58. The first-order valence-corrected chi connectivity index (χ1v) is 14.7. The van der Waals surface area contributed by atoms with E-state index in [1.165, 1.54) is 15.9 Å². The summed E-state index contributed by atoms with van der Waals surface area (Å²) >= 11 is 6.56. The van der Waals surface area contributed by atoms with Crippen LogP contribution in [-0.2, 0) is 33.5 Å². The average molecular weight is 614 g/mol. The predicted octanol–water partition coefficient (Wildman–Crippen LogP) is 5.69. The highest BCUT2D eigenvalue weighted by Gasteiger charge is 2.88. The molecule has 2 aliphatic heterocycles. The fourth-order valence-electron chi connectivity index (χ4n) is 7.97. The highest BCUT2D eigenvalue weighted by molar-refractivity contribution is 6.31. The molecule has 3 atom stereocenters. The molecule has 3 aliphatic rings. The number of benzene rings is 4. The molecule has 0 aromatic heterocycles. The van der Waals surface area contributed by atoms with Crippen molar-refractivity contribution in [3.8, 4) is 12.1 Å². The van der Waals surface area contributed by atoms with Crippen molar-refractivity contribution in [2.45, 2.75) is 36.4 Å². The molecule has 1 fully saturated rings. The molecular weight excluding hydrogens is 590 g/mol. The van der Waals surface area contributed by atoms with Gasteiger partial charge in [-0.3, -0.25) is 19.7 Å². The summed E-state index contributed by atoms with van der Waals surface area (Å²) in [6.45, 7) is 0.112. The van der Waals surface area contributed by atoms with E-state index in [4.69, 9.17) is 11.6 Å². The second-order valence-electron chi connectivity index (χ2n) is 11.6. The fourth-order valence-corrected chi connectivity index (χ4v) is 8.15. The number of para-hydroxylation sites is 1. The molecule has 45 heavy (non-hydrogen) atoms. The van der Waals surface area contributed by atoms with E-state index in [0.717, 1.165) is 11.1 Å².